The van der Waals surface area contributed by atoms with Gasteiger partial charge in [-0.05, 0) is 61.3 Å². The molecule has 1 fully saturated rings. The Morgan fingerprint density at radius 2 is 2.29 bits per heavy atom. The molecule has 2 heterocycles. The second-order valence-corrected chi connectivity index (χ2v) is 5.26. The van der Waals surface area contributed by atoms with Crippen LogP contribution in [0, 0.1) is 0 Å². The number of ether oxygens (including phenoxy) is 1. The van der Waals surface area contributed by atoms with Gasteiger partial charge in [0.2, 0.25) is 0 Å². The highest BCUT2D eigenvalue weighted by molar-refractivity contribution is 7.07. The molecular weight excluding hydrogens is 232 g/mol. The Kier molecular flexibility index (Phi) is 5.99. The fourth-order valence-electron chi connectivity index (χ4n) is 2.04. The van der Waals surface area contributed by atoms with E-state index in [-0.39, 0.29) is 0 Å². The normalized spacial score (nSPS) is 17.4. The number of rotatable bonds is 7. The van der Waals surface area contributed by atoms with Crippen molar-refractivity contribution >= 4 is 11.3 Å². The van der Waals surface area contributed by atoms with Crippen LogP contribution < -0.4 is 10.6 Å². The monoisotopic (exact) mass is 254 g/mol. The molecule has 0 aliphatic carbocycles. The van der Waals surface area contributed by atoms with Crippen molar-refractivity contribution in [3.8, 4) is 0 Å². The lowest BCUT2D eigenvalue weighted by molar-refractivity contribution is 0.0317. The topological polar surface area (TPSA) is 33.3 Å². The van der Waals surface area contributed by atoms with E-state index >= 15 is 0 Å². The second-order valence-electron chi connectivity index (χ2n) is 4.48. The van der Waals surface area contributed by atoms with E-state index in [1.165, 1.54) is 18.4 Å². The van der Waals surface area contributed by atoms with Gasteiger partial charge in [0.25, 0.3) is 0 Å². The smallest absolute Gasteiger partial charge is 0.0599 e. The summed E-state index contributed by atoms with van der Waals surface area (Å²) < 4.78 is 5.84. The molecule has 1 aromatic rings. The van der Waals surface area contributed by atoms with Crippen LogP contribution in [-0.4, -0.2) is 32.3 Å². The summed E-state index contributed by atoms with van der Waals surface area (Å²) in [6.45, 7) is 5.14. The molecule has 0 saturated carbocycles. The maximum Gasteiger partial charge on any atom is 0.0599 e. The summed E-state index contributed by atoms with van der Waals surface area (Å²) in [5, 5.41) is 11.1. The van der Waals surface area contributed by atoms with Crippen molar-refractivity contribution in [2.75, 3.05) is 26.2 Å². The van der Waals surface area contributed by atoms with Gasteiger partial charge in [0.15, 0.2) is 0 Å². The summed E-state index contributed by atoms with van der Waals surface area (Å²) in [6, 6.07) is 2.17. The Balaban J connectivity index is 1.43. The van der Waals surface area contributed by atoms with Crippen LogP contribution in [-0.2, 0) is 11.3 Å². The van der Waals surface area contributed by atoms with Crippen LogP contribution in [0.15, 0.2) is 16.8 Å². The molecule has 1 saturated heterocycles. The predicted octanol–water partition coefficient (Wildman–Crippen LogP) is 2.00. The zero-order valence-electron chi connectivity index (χ0n) is 10.3. The molecule has 17 heavy (non-hydrogen) atoms. The highest BCUT2D eigenvalue weighted by Crippen LogP contribution is 2.07. The first-order valence-corrected chi connectivity index (χ1v) is 7.43. The van der Waals surface area contributed by atoms with Crippen LogP contribution in [0.5, 0.6) is 0 Å². The maximum absolute atomic E-state index is 5.84. The van der Waals surface area contributed by atoms with Gasteiger partial charge in [0.05, 0.1) is 6.10 Å². The molecule has 1 aliphatic rings. The maximum atomic E-state index is 5.84. The molecule has 0 amide bonds. The molecule has 0 radical (unpaired) electrons. The summed E-state index contributed by atoms with van der Waals surface area (Å²) in [5.74, 6) is 0. The summed E-state index contributed by atoms with van der Waals surface area (Å²) in [5.41, 5.74) is 1.38. The van der Waals surface area contributed by atoms with Crippen LogP contribution in [0.1, 0.15) is 24.8 Å². The van der Waals surface area contributed by atoms with Gasteiger partial charge in [0, 0.05) is 13.2 Å². The zero-order valence-corrected chi connectivity index (χ0v) is 11.1. The summed E-state index contributed by atoms with van der Waals surface area (Å²) in [6.07, 6.45) is 3.94. The molecule has 1 aliphatic heterocycles. The average molecular weight is 254 g/mol. The fourth-order valence-corrected chi connectivity index (χ4v) is 2.70. The summed E-state index contributed by atoms with van der Waals surface area (Å²) in [4.78, 5) is 0. The Morgan fingerprint density at radius 3 is 3.06 bits per heavy atom. The third-order valence-corrected chi connectivity index (χ3v) is 3.78. The number of hydrogen-bond donors (Lipinski definition) is 2. The number of thiophene rings is 1. The Morgan fingerprint density at radius 1 is 1.41 bits per heavy atom. The van der Waals surface area contributed by atoms with Crippen molar-refractivity contribution in [3.05, 3.63) is 22.4 Å². The Labute approximate surface area is 108 Å². The highest BCUT2D eigenvalue weighted by atomic mass is 32.1. The molecular formula is C13H22N2OS. The number of hydrogen-bond acceptors (Lipinski definition) is 4. The van der Waals surface area contributed by atoms with E-state index in [4.69, 9.17) is 4.74 Å². The first kappa shape index (κ1) is 13.0. The summed E-state index contributed by atoms with van der Waals surface area (Å²) in [7, 11) is 0. The zero-order chi connectivity index (χ0) is 11.8. The van der Waals surface area contributed by atoms with Crippen molar-refractivity contribution in [1.82, 2.24) is 10.6 Å². The SMILES string of the molecule is c1cc(CNCCCOC2CCNCC2)cs1. The first-order valence-electron chi connectivity index (χ1n) is 6.49. The molecule has 2 rings (SSSR count). The van der Waals surface area contributed by atoms with Crippen molar-refractivity contribution in [3.63, 3.8) is 0 Å². The first-order chi connectivity index (χ1) is 8.45. The fraction of sp³-hybridized carbons (Fsp3) is 0.692. The third-order valence-electron chi connectivity index (χ3n) is 3.05. The number of nitrogens with one attached hydrogen (secondary N) is 2. The van der Waals surface area contributed by atoms with Crippen LogP contribution >= 0.6 is 11.3 Å². The highest BCUT2D eigenvalue weighted by Gasteiger charge is 2.12. The molecule has 0 aromatic carbocycles. The third kappa shape index (κ3) is 5.17. The molecule has 0 unspecified atom stereocenters. The van der Waals surface area contributed by atoms with Crippen molar-refractivity contribution in [2.45, 2.75) is 31.9 Å². The Bertz CT molecular complexity index is 284. The van der Waals surface area contributed by atoms with Crippen LogP contribution in [0.4, 0.5) is 0 Å². The van der Waals surface area contributed by atoms with Gasteiger partial charge < -0.3 is 15.4 Å². The lowest BCUT2D eigenvalue weighted by Gasteiger charge is -2.22. The van der Waals surface area contributed by atoms with Crippen molar-refractivity contribution in [1.29, 1.82) is 0 Å². The van der Waals surface area contributed by atoms with Crippen LogP contribution in [0.2, 0.25) is 0 Å². The van der Waals surface area contributed by atoms with Crippen molar-refractivity contribution < 1.29 is 4.74 Å². The van der Waals surface area contributed by atoms with Gasteiger partial charge in [-0.25, -0.2) is 0 Å². The quantitative estimate of drug-likeness (QED) is 0.730. The molecule has 4 heteroatoms. The van der Waals surface area contributed by atoms with Gasteiger partial charge in [-0.2, -0.15) is 11.3 Å². The second kappa shape index (κ2) is 7.82. The molecule has 1 aromatic heterocycles. The average Bonchev–Trinajstić information content (AvgIpc) is 2.88. The Hall–Kier alpha value is -0.420. The number of piperidine rings is 1. The van der Waals surface area contributed by atoms with Crippen LogP contribution in [0.3, 0.4) is 0 Å². The van der Waals surface area contributed by atoms with Crippen LogP contribution in [0.25, 0.3) is 0 Å². The molecule has 0 spiro atoms. The van der Waals surface area contributed by atoms with E-state index in [0.29, 0.717) is 6.10 Å². The minimum absolute atomic E-state index is 0.494. The molecule has 3 nitrogen and oxygen atoms in total. The molecule has 0 bridgehead atoms. The summed E-state index contributed by atoms with van der Waals surface area (Å²) >= 11 is 1.76. The minimum atomic E-state index is 0.494. The predicted molar refractivity (Wildman–Crippen MR) is 72.5 cm³/mol. The van der Waals surface area contributed by atoms with E-state index in [2.05, 4.69) is 27.5 Å². The molecule has 96 valence electrons. The van der Waals surface area contributed by atoms with E-state index < -0.39 is 0 Å². The minimum Gasteiger partial charge on any atom is -0.378 e. The van der Waals surface area contributed by atoms with Gasteiger partial charge in [-0.15, -0.1) is 0 Å². The van der Waals surface area contributed by atoms with Gasteiger partial charge >= 0.3 is 0 Å². The van der Waals surface area contributed by atoms with Gasteiger partial charge in [-0.1, -0.05) is 0 Å². The lowest BCUT2D eigenvalue weighted by atomic mass is 10.1. The van der Waals surface area contributed by atoms with E-state index in [9.17, 15) is 0 Å². The van der Waals surface area contributed by atoms with Gasteiger partial charge in [-0.3, -0.25) is 0 Å². The van der Waals surface area contributed by atoms with E-state index in [1.807, 2.05) is 0 Å². The molecule has 2 N–H and O–H groups in total. The van der Waals surface area contributed by atoms with Gasteiger partial charge in [0.1, 0.15) is 0 Å². The largest absolute Gasteiger partial charge is 0.378 e. The molecule has 0 atom stereocenters. The van der Waals surface area contributed by atoms with Crippen molar-refractivity contribution in [2.24, 2.45) is 0 Å². The lowest BCUT2D eigenvalue weighted by Crippen LogP contribution is -2.32. The van der Waals surface area contributed by atoms with E-state index in [0.717, 1.165) is 39.2 Å². The standard InChI is InChI=1S/C13H22N2OS/c1(5-15-10-12-4-9-17-11-12)8-16-13-2-6-14-7-3-13/h4,9,11,13-15H,1-3,5-8,10H2. The van der Waals surface area contributed by atoms with E-state index in [1.54, 1.807) is 11.3 Å².